The van der Waals surface area contributed by atoms with Gasteiger partial charge in [0.2, 0.25) is 5.91 Å². The maximum atomic E-state index is 12.3. The van der Waals surface area contributed by atoms with Gasteiger partial charge in [0.15, 0.2) is 0 Å². The van der Waals surface area contributed by atoms with Crippen LogP contribution in [0.1, 0.15) is 46.5 Å². The van der Waals surface area contributed by atoms with Crippen molar-refractivity contribution in [1.29, 1.82) is 0 Å². The van der Waals surface area contributed by atoms with E-state index in [9.17, 15) is 14.4 Å². The van der Waals surface area contributed by atoms with Crippen LogP contribution >= 0.6 is 0 Å². The summed E-state index contributed by atoms with van der Waals surface area (Å²) in [5.74, 6) is -0.0581. The number of hydrogen-bond acceptors (Lipinski definition) is 4. The molecule has 34 heavy (non-hydrogen) atoms. The average Bonchev–Trinajstić information content (AvgIpc) is 2.83. The molecular weight excluding hydrogens is 430 g/mol. The standard InChI is InChI=1S/C27H29N3O4/c1-19(2)18-25(31)28-23-12-8-21(9-13-23)26(32)29-30-27(33)22-10-14-24(15-11-22)34-17-16-20-6-4-3-5-7-20/h3-15,19H,16-18H2,1-2H3,(H,28,31)(H,29,32)(H,30,33). The summed E-state index contributed by atoms with van der Waals surface area (Å²) in [4.78, 5) is 36.5. The lowest BCUT2D eigenvalue weighted by molar-refractivity contribution is -0.116. The Morgan fingerprint density at radius 1 is 0.765 bits per heavy atom. The zero-order chi connectivity index (χ0) is 24.3. The van der Waals surface area contributed by atoms with E-state index in [-0.39, 0.29) is 11.8 Å². The minimum atomic E-state index is -0.464. The summed E-state index contributed by atoms with van der Waals surface area (Å²) in [5.41, 5.74) is 7.34. The van der Waals surface area contributed by atoms with Crippen LogP contribution in [-0.4, -0.2) is 24.3 Å². The van der Waals surface area contributed by atoms with Gasteiger partial charge in [-0.3, -0.25) is 25.2 Å². The molecule has 7 nitrogen and oxygen atoms in total. The van der Waals surface area contributed by atoms with Crippen molar-refractivity contribution in [3.05, 3.63) is 95.6 Å². The van der Waals surface area contributed by atoms with E-state index in [1.807, 2.05) is 44.2 Å². The first-order valence-electron chi connectivity index (χ1n) is 11.2. The van der Waals surface area contributed by atoms with Crippen LogP contribution in [0.2, 0.25) is 0 Å². The largest absolute Gasteiger partial charge is 0.493 e. The van der Waals surface area contributed by atoms with Gasteiger partial charge in [0.1, 0.15) is 5.75 Å². The molecule has 3 rings (SSSR count). The minimum absolute atomic E-state index is 0.0768. The molecule has 0 saturated carbocycles. The van der Waals surface area contributed by atoms with Crippen molar-refractivity contribution in [2.45, 2.75) is 26.7 Å². The van der Waals surface area contributed by atoms with E-state index >= 15 is 0 Å². The summed E-state index contributed by atoms with van der Waals surface area (Å²) in [7, 11) is 0. The average molecular weight is 460 g/mol. The molecule has 0 heterocycles. The van der Waals surface area contributed by atoms with Gasteiger partial charge in [-0.15, -0.1) is 0 Å². The minimum Gasteiger partial charge on any atom is -0.493 e. The lowest BCUT2D eigenvalue weighted by Gasteiger charge is -2.10. The summed E-state index contributed by atoms with van der Waals surface area (Å²) < 4.78 is 5.73. The molecule has 0 aromatic heterocycles. The number of hydrogen-bond donors (Lipinski definition) is 3. The van der Waals surface area contributed by atoms with Crippen LogP contribution in [0.3, 0.4) is 0 Å². The molecule has 176 valence electrons. The maximum Gasteiger partial charge on any atom is 0.269 e. The van der Waals surface area contributed by atoms with Gasteiger partial charge in [-0.25, -0.2) is 0 Å². The van der Waals surface area contributed by atoms with Crippen LogP contribution in [0.5, 0.6) is 5.75 Å². The van der Waals surface area contributed by atoms with Crippen molar-refractivity contribution < 1.29 is 19.1 Å². The van der Waals surface area contributed by atoms with E-state index in [1.54, 1.807) is 48.5 Å². The Morgan fingerprint density at radius 3 is 1.88 bits per heavy atom. The van der Waals surface area contributed by atoms with Gasteiger partial charge in [0.05, 0.1) is 6.61 Å². The van der Waals surface area contributed by atoms with Crippen LogP contribution in [0.4, 0.5) is 5.69 Å². The number of anilines is 1. The van der Waals surface area contributed by atoms with Gasteiger partial charge in [-0.1, -0.05) is 44.2 Å². The van der Waals surface area contributed by atoms with Crippen LogP contribution in [0.25, 0.3) is 0 Å². The highest BCUT2D eigenvalue weighted by molar-refractivity contribution is 5.99. The second kappa shape index (κ2) is 12.2. The predicted octanol–water partition coefficient (Wildman–Crippen LogP) is 4.37. The molecule has 0 spiro atoms. The molecule has 0 aliphatic carbocycles. The quantitative estimate of drug-likeness (QED) is 0.414. The summed E-state index contributed by atoms with van der Waals surface area (Å²) >= 11 is 0. The first-order valence-corrected chi connectivity index (χ1v) is 11.2. The number of amides is 3. The lowest BCUT2D eigenvalue weighted by atomic mass is 10.1. The number of hydrazine groups is 1. The molecule has 0 saturated heterocycles. The molecule has 0 bridgehead atoms. The Bertz CT molecular complexity index is 1090. The Balaban J connectivity index is 1.43. The van der Waals surface area contributed by atoms with Crippen LogP contribution in [-0.2, 0) is 11.2 Å². The highest BCUT2D eigenvalue weighted by atomic mass is 16.5. The Labute approximate surface area is 199 Å². The van der Waals surface area contributed by atoms with Crippen molar-refractivity contribution >= 4 is 23.4 Å². The highest BCUT2D eigenvalue weighted by Gasteiger charge is 2.10. The fourth-order valence-electron chi connectivity index (χ4n) is 3.18. The second-order valence-corrected chi connectivity index (χ2v) is 8.24. The van der Waals surface area contributed by atoms with Gasteiger partial charge in [-0.05, 0) is 60.0 Å². The maximum absolute atomic E-state index is 12.3. The smallest absolute Gasteiger partial charge is 0.269 e. The van der Waals surface area contributed by atoms with E-state index < -0.39 is 11.8 Å². The molecule has 0 atom stereocenters. The molecule has 3 aromatic carbocycles. The first-order chi connectivity index (χ1) is 16.4. The zero-order valence-corrected chi connectivity index (χ0v) is 19.3. The van der Waals surface area contributed by atoms with E-state index in [1.165, 1.54) is 5.56 Å². The molecule has 3 aromatic rings. The van der Waals surface area contributed by atoms with Gasteiger partial charge in [0.25, 0.3) is 11.8 Å². The summed E-state index contributed by atoms with van der Waals surface area (Å²) in [5, 5.41) is 2.79. The molecule has 0 fully saturated rings. The van der Waals surface area contributed by atoms with Crippen LogP contribution in [0.15, 0.2) is 78.9 Å². The molecule has 0 aliphatic rings. The van der Waals surface area contributed by atoms with Gasteiger partial charge in [-0.2, -0.15) is 0 Å². The SMILES string of the molecule is CC(C)CC(=O)Nc1ccc(C(=O)NNC(=O)c2ccc(OCCc3ccccc3)cc2)cc1. The molecular formula is C27H29N3O4. The second-order valence-electron chi connectivity index (χ2n) is 8.24. The third kappa shape index (κ3) is 7.78. The lowest BCUT2D eigenvalue weighted by Crippen LogP contribution is -2.41. The Hall–Kier alpha value is -4.13. The van der Waals surface area contributed by atoms with Crippen molar-refractivity contribution in [2.24, 2.45) is 5.92 Å². The summed E-state index contributed by atoms with van der Waals surface area (Å²) in [6.07, 6.45) is 1.22. The monoisotopic (exact) mass is 459 g/mol. The van der Waals surface area contributed by atoms with E-state index in [0.717, 1.165) is 6.42 Å². The number of rotatable bonds is 9. The number of benzene rings is 3. The van der Waals surface area contributed by atoms with Crippen molar-refractivity contribution in [3.8, 4) is 5.75 Å². The molecule has 0 radical (unpaired) electrons. The topological polar surface area (TPSA) is 96.5 Å². The highest BCUT2D eigenvalue weighted by Crippen LogP contribution is 2.14. The molecule has 0 unspecified atom stereocenters. The number of carbonyl (C=O) groups excluding carboxylic acids is 3. The van der Waals surface area contributed by atoms with Gasteiger partial charge in [0, 0.05) is 29.7 Å². The number of carbonyl (C=O) groups is 3. The third-order valence-electron chi connectivity index (χ3n) is 4.93. The summed E-state index contributed by atoms with van der Waals surface area (Å²) in [6.45, 7) is 4.47. The number of ether oxygens (including phenoxy) is 1. The fraction of sp³-hybridized carbons (Fsp3) is 0.222. The molecule has 7 heteroatoms. The number of nitrogens with one attached hydrogen (secondary N) is 3. The fourth-order valence-corrected chi connectivity index (χ4v) is 3.18. The van der Waals surface area contributed by atoms with Crippen LogP contribution < -0.4 is 20.9 Å². The van der Waals surface area contributed by atoms with Crippen molar-refractivity contribution in [1.82, 2.24) is 10.9 Å². The summed E-state index contributed by atoms with van der Waals surface area (Å²) in [6, 6.07) is 23.2. The van der Waals surface area contributed by atoms with Crippen molar-refractivity contribution in [3.63, 3.8) is 0 Å². The zero-order valence-electron chi connectivity index (χ0n) is 19.3. The molecule has 3 N–H and O–H groups in total. The first kappa shape index (κ1) is 24.5. The molecule has 3 amide bonds. The van der Waals surface area contributed by atoms with Gasteiger partial charge >= 0.3 is 0 Å². The van der Waals surface area contributed by atoms with Gasteiger partial charge < -0.3 is 10.1 Å². The third-order valence-corrected chi connectivity index (χ3v) is 4.93. The Morgan fingerprint density at radius 2 is 1.32 bits per heavy atom. The predicted molar refractivity (Wildman–Crippen MR) is 132 cm³/mol. The molecule has 0 aliphatic heterocycles. The van der Waals surface area contributed by atoms with E-state index in [0.29, 0.717) is 35.6 Å². The Kier molecular flexibility index (Phi) is 8.80. The van der Waals surface area contributed by atoms with Crippen molar-refractivity contribution in [2.75, 3.05) is 11.9 Å². The van der Waals surface area contributed by atoms with E-state index in [2.05, 4.69) is 16.2 Å². The normalized spacial score (nSPS) is 10.4. The van der Waals surface area contributed by atoms with Crippen LogP contribution in [0, 0.1) is 5.92 Å². The van der Waals surface area contributed by atoms with E-state index in [4.69, 9.17) is 4.74 Å².